The number of nitrogens with two attached hydrogens (primary N) is 3. The monoisotopic (exact) mass is 407 g/mol. The Bertz CT molecular complexity index is 888. The number of carboxylic acids is 2. The minimum absolute atomic E-state index is 0.352. The number of nitrogen functional groups attached to an aromatic ring is 1. The first-order chi connectivity index (χ1) is 13.5. The molecule has 1 heterocycles. The highest BCUT2D eigenvalue weighted by Crippen LogP contribution is 2.25. The predicted molar refractivity (Wildman–Crippen MR) is 96.9 cm³/mol. The fourth-order valence-electron chi connectivity index (χ4n) is 1.99. The van der Waals surface area contributed by atoms with Crippen molar-refractivity contribution in [3.05, 3.63) is 17.1 Å². The number of aromatic nitrogens is 2. The molecule has 0 aromatic carbocycles. The Morgan fingerprint density at radius 1 is 1.14 bits per heavy atom. The number of aliphatic imine (C=N–C) groups is 1. The van der Waals surface area contributed by atoms with Crippen LogP contribution in [0.15, 0.2) is 4.99 Å². The van der Waals surface area contributed by atoms with E-state index in [4.69, 9.17) is 34.0 Å². The molecule has 1 rings (SSSR count). The summed E-state index contributed by atoms with van der Waals surface area (Å²) < 4.78 is 0. The van der Waals surface area contributed by atoms with E-state index in [1.807, 2.05) is 0 Å². The molecule has 15 heteroatoms. The first-order valence-corrected chi connectivity index (χ1v) is 7.69. The molecule has 0 bridgehead atoms. The molecule has 29 heavy (non-hydrogen) atoms. The van der Waals surface area contributed by atoms with Crippen LogP contribution in [0.5, 0.6) is 0 Å². The molecule has 154 valence electrons. The van der Waals surface area contributed by atoms with Gasteiger partial charge >= 0.3 is 17.8 Å². The highest BCUT2D eigenvalue weighted by molar-refractivity contribution is 5.99. The second kappa shape index (κ2) is 10.0. The Morgan fingerprint density at radius 2 is 1.72 bits per heavy atom. The van der Waals surface area contributed by atoms with Gasteiger partial charge in [0.15, 0.2) is 17.5 Å². The van der Waals surface area contributed by atoms with Gasteiger partial charge in [-0.2, -0.15) is 0 Å². The van der Waals surface area contributed by atoms with Crippen molar-refractivity contribution in [2.45, 2.75) is 18.9 Å². The highest BCUT2D eigenvalue weighted by Gasteiger charge is 2.22. The Kier molecular flexibility index (Phi) is 7.79. The van der Waals surface area contributed by atoms with Crippen molar-refractivity contribution in [2.75, 3.05) is 12.3 Å². The van der Waals surface area contributed by atoms with E-state index in [-0.39, 0.29) is 11.6 Å². The number of anilines is 1. The van der Waals surface area contributed by atoms with E-state index < -0.39 is 66.7 Å². The minimum atomic E-state index is -1.31. The van der Waals surface area contributed by atoms with Crippen molar-refractivity contribution in [1.29, 1.82) is 0 Å². The molecule has 15 nitrogen and oxygen atoms in total. The highest BCUT2D eigenvalue weighted by atomic mass is 16.4. The first kappa shape index (κ1) is 22.6. The van der Waals surface area contributed by atoms with E-state index in [1.165, 1.54) is 0 Å². The van der Waals surface area contributed by atoms with Gasteiger partial charge in [-0.1, -0.05) is 11.6 Å². The molecule has 0 atom stereocenters. The average molecular weight is 407 g/mol. The zero-order chi connectivity index (χ0) is 22.1. The van der Waals surface area contributed by atoms with Crippen LogP contribution >= 0.6 is 0 Å². The van der Waals surface area contributed by atoms with Gasteiger partial charge < -0.3 is 42.9 Å². The van der Waals surface area contributed by atoms with Crippen molar-refractivity contribution >= 4 is 47.2 Å². The van der Waals surface area contributed by atoms with Crippen molar-refractivity contribution in [1.82, 2.24) is 20.6 Å². The van der Waals surface area contributed by atoms with Crippen LogP contribution < -0.4 is 27.8 Å². The van der Waals surface area contributed by atoms with Crippen LogP contribution in [0.2, 0.25) is 0 Å². The van der Waals surface area contributed by atoms with Crippen LogP contribution in [0.1, 0.15) is 23.3 Å². The maximum absolute atomic E-state index is 12.2. The number of hydrogen-bond donors (Lipinski definition) is 7. The third-order valence-corrected chi connectivity index (χ3v) is 3.06. The number of hydrogen-bond acceptors (Lipinski definition) is 8. The van der Waals surface area contributed by atoms with E-state index in [0.29, 0.717) is 0 Å². The van der Waals surface area contributed by atoms with Gasteiger partial charge in [0.25, 0.3) is 5.91 Å². The molecule has 0 aliphatic carbocycles. The first-order valence-electron chi connectivity index (χ1n) is 7.69. The topological polar surface area (TPSA) is 253 Å². The molecule has 0 saturated carbocycles. The number of carboxylic acid groups (broad SMARTS) is 2. The number of rotatable bonds is 9. The summed E-state index contributed by atoms with van der Waals surface area (Å²) in [4.78, 5) is 59.5. The molecule has 0 aliphatic heterocycles. The Hall–Kier alpha value is -4.48. The molecular formula is C14H17N9O6. The summed E-state index contributed by atoms with van der Waals surface area (Å²) in [6.07, 6.45) is -1.24. The molecule has 0 saturated heterocycles. The number of aliphatic carboxylic acids is 2. The Balaban J connectivity index is 2.87. The number of carbonyl (C=O) groups is 4. The van der Waals surface area contributed by atoms with Crippen LogP contribution in [-0.2, 0) is 14.4 Å². The van der Waals surface area contributed by atoms with Crippen LogP contribution in [-0.4, -0.2) is 62.5 Å². The van der Waals surface area contributed by atoms with Gasteiger partial charge in [-0.15, -0.1) is 0 Å². The molecule has 1 aromatic heterocycles. The van der Waals surface area contributed by atoms with Crippen molar-refractivity contribution in [3.8, 4) is 0 Å². The van der Waals surface area contributed by atoms with Crippen molar-refractivity contribution in [2.24, 2.45) is 16.5 Å². The lowest BCUT2D eigenvalue weighted by Gasteiger charge is -2.15. The normalized spacial score (nSPS) is 9.93. The second-order valence-electron chi connectivity index (χ2n) is 5.40. The summed E-state index contributed by atoms with van der Waals surface area (Å²) >= 11 is 0. The summed E-state index contributed by atoms with van der Waals surface area (Å²) in [5.74, 6) is -5.99. The molecule has 1 aromatic rings. The zero-order valence-electron chi connectivity index (χ0n) is 14.7. The van der Waals surface area contributed by atoms with Crippen LogP contribution in [0.25, 0.3) is 4.85 Å². The van der Waals surface area contributed by atoms with E-state index in [1.54, 1.807) is 0 Å². The summed E-state index contributed by atoms with van der Waals surface area (Å²) in [6, 6.07) is -1.18. The fourth-order valence-corrected chi connectivity index (χ4v) is 1.99. The lowest BCUT2D eigenvalue weighted by molar-refractivity contribution is -0.139. The molecule has 0 radical (unpaired) electrons. The lowest BCUT2D eigenvalue weighted by atomic mass is 10.1. The van der Waals surface area contributed by atoms with Gasteiger partial charge in [-0.25, -0.2) is 9.98 Å². The quantitative estimate of drug-likeness (QED) is 0.130. The van der Waals surface area contributed by atoms with Crippen LogP contribution in [0, 0.1) is 6.57 Å². The largest absolute Gasteiger partial charge is 0.481 e. The van der Waals surface area contributed by atoms with Crippen LogP contribution in [0.3, 0.4) is 0 Å². The predicted octanol–water partition coefficient (Wildman–Crippen LogP) is -2.32. The molecule has 0 unspecified atom stereocenters. The molecule has 0 fully saturated rings. The van der Waals surface area contributed by atoms with E-state index in [9.17, 15) is 19.2 Å². The van der Waals surface area contributed by atoms with E-state index >= 15 is 0 Å². The summed E-state index contributed by atoms with van der Waals surface area (Å²) in [7, 11) is 0. The van der Waals surface area contributed by atoms with E-state index in [0.717, 1.165) is 0 Å². The van der Waals surface area contributed by atoms with E-state index in [2.05, 4.69) is 30.4 Å². The maximum atomic E-state index is 12.2. The molecular weight excluding hydrogens is 390 g/mol. The third kappa shape index (κ3) is 7.34. The van der Waals surface area contributed by atoms with Crippen molar-refractivity contribution < 1.29 is 29.4 Å². The Labute approximate surface area is 162 Å². The number of amides is 2. The zero-order valence-corrected chi connectivity index (χ0v) is 14.7. The smallest absolute Gasteiger partial charge is 0.316 e. The number of nitrogens with one attached hydrogen (secondary N) is 2. The molecule has 2 amide bonds. The standard InChI is InChI=1S/C14H17N9O6/c1-18-11-12(23-14(16)17)21-9(10(15)22-11)13(29)19-4-6(24)20-5(2-7(25)26)3-8(27)28/h5H,2-4H2,(H2,15,22)(H,19,29)(H,20,24)(H,25,26)(H,27,28)(H4,16,17,21,23). The SMILES string of the molecule is [C-]#[N+]c1nc(N)c(C(=O)NCC(=O)NC(CC(=O)O)CC(=O)O)nc1N=C(N)N. The lowest BCUT2D eigenvalue weighted by Crippen LogP contribution is -2.43. The fraction of sp³-hybridized carbons (Fsp3) is 0.286. The number of carbonyl (C=O) groups excluding carboxylic acids is 2. The van der Waals surface area contributed by atoms with Gasteiger partial charge in [0.2, 0.25) is 11.7 Å². The van der Waals surface area contributed by atoms with Crippen LogP contribution in [0.4, 0.5) is 17.5 Å². The average Bonchev–Trinajstić information content (AvgIpc) is 2.59. The number of guanidine groups is 1. The number of nitrogens with zero attached hydrogens (tertiary/aromatic N) is 4. The summed E-state index contributed by atoms with van der Waals surface area (Å²) in [5.41, 5.74) is 15.5. The van der Waals surface area contributed by atoms with Gasteiger partial charge in [-0.05, 0) is 0 Å². The summed E-state index contributed by atoms with van der Waals surface area (Å²) in [5, 5.41) is 21.8. The van der Waals surface area contributed by atoms with Gasteiger partial charge in [0.05, 0.1) is 19.4 Å². The maximum Gasteiger partial charge on any atom is 0.316 e. The summed E-state index contributed by atoms with van der Waals surface area (Å²) in [6.45, 7) is 6.34. The molecule has 0 spiro atoms. The molecule has 10 N–H and O–H groups in total. The van der Waals surface area contributed by atoms with Gasteiger partial charge in [-0.3, -0.25) is 19.2 Å². The third-order valence-electron chi connectivity index (χ3n) is 3.06. The molecule has 0 aliphatic rings. The van der Waals surface area contributed by atoms with Crippen molar-refractivity contribution in [3.63, 3.8) is 0 Å². The van der Waals surface area contributed by atoms with Gasteiger partial charge in [0.1, 0.15) is 0 Å². The second-order valence-corrected chi connectivity index (χ2v) is 5.40. The minimum Gasteiger partial charge on any atom is -0.481 e. The van der Waals surface area contributed by atoms with Gasteiger partial charge in [0, 0.05) is 6.04 Å². The Morgan fingerprint density at radius 3 is 2.21 bits per heavy atom.